The molecule has 3 nitrogen and oxygen atoms in total. The van der Waals surface area contributed by atoms with E-state index < -0.39 is 0 Å². The highest BCUT2D eigenvalue weighted by atomic mass is 15.2. The summed E-state index contributed by atoms with van der Waals surface area (Å²) in [6.45, 7) is 4.95. The molecule has 1 atom stereocenters. The van der Waals surface area contributed by atoms with Crippen LogP contribution in [0.15, 0.2) is 0 Å². The Labute approximate surface area is 113 Å². The summed E-state index contributed by atoms with van der Waals surface area (Å²) >= 11 is 0. The third kappa shape index (κ3) is 4.52. The highest BCUT2D eigenvalue weighted by molar-refractivity contribution is 4.79. The first-order valence-electron chi connectivity index (χ1n) is 7.88. The first kappa shape index (κ1) is 14.3. The predicted octanol–water partition coefficient (Wildman–Crippen LogP) is 1.93. The minimum atomic E-state index is 0.745. The molecule has 2 rings (SSSR count). The Morgan fingerprint density at radius 3 is 2.61 bits per heavy atom. The van der Waals surface area contributed by atoms with Gasteiger partial charge < -0.3 is 15.1 Å². The Morgan fingerprint density at radius 1 is 1.17 bits per heavy atom. The van der Waals surface area contributed by atoms with E-state index in [-0.39, 0.29) is 0 Å². The van der Waals surface area contributed by atoms with Crippen LogP contribution in [0.25, 0.3) is 0 Å². The molecule has 0 radical (unpaired) electrons. The van der Waals surface area contributed by atoms with Gasteiger partial charge in [0.05, 0.1) is 0 Å². The fourth-order valence-corrected chi connectivity index (χ4v) is 3.44. The molecule has 1 aliphatic heterocycles. The van der Waals surface area contributed by atoms with E-state index in [9.17, 15) is 0 Å². The Bertz CT molecular complexity index is 226. The van der Waals surface area contributed by atoms with E-state index in [0.29, 0.717) is 0 Å². The van der Waals surface area contributed by atoms with Crippen LogP contribution in [0.1, 0.15) is 44.9 Å². The maximum Gasteiger partial charge on any atom is 0.0207 e. The Balaban J connectivity index is 1.52. The Kier molecular flexibility index (Phi) is 5.93. The number of likely N-dealkylation sites (tertiary alicyclic amines) is 1. The topological polar surface area (TPSA) is 18.5 Å². The number of nitrogens with one attached hydrogen (secondary N) is 1. The summed E-state index contributed by atoms with van der Waals surface area (Å²) in [5.74, 6) is 0. The van der Waals surface area contributed by atoms with Crippen LogP contribution in [0.3, 0.4) is 0 Å². The molecule has 0 amide bonds. The lowest BCUT2D eigenvalue weighted by atomic mass is 9.94. The van der Waals surface area contributed by atoms with Crippen molar-refractivity contribution in [3.05, 3.63) is 0 Å². The number of hydrogen-bond donors (Lipinski definition) is 1. The minimum absolute atomic E-state index is 0.745. The average molecular weight is 253 g/mol. The second-order valence-electron chi connectivity index (χ2n) is 6.33. The minimum Gasteiger partial charge on any atom is -0.313 e. The fourth-order valence-electron chi connectivity index (χ4n) is 3.44. The summed E-state index contributed by atoms with van der Waals surface area (Å²) in [7, 11) is 4.54. The lowest BCUT2D eigenvalue weighted by molar-refractivity contribution is 0.189. The van der Waals surface area contributed by atoms with Crippen molar-refractivity contribution in [1.29, 1.82) is 0 Å². The van der Waals surface area contributed by atoms with E-state index >= 15 is 0 Å². The van der Waals surface area contributed by atoms with Gasteiger partial charge in [0.1, 0.15) is 0 Å². The molecule has 0 spiro atoms. The van der Waals surface area contributed by atoms with Crippen LogP contribution in [0.5, 0.6) is 0 Å². The highest BCUT2D eigenvalue weighted by Gasteiger charge is 2.19. The van der Waals surface area contributed by atoms with Crippen LogP contribution >= 0.6 is 0 Å². The van der Waals surface area contributed by atoms with Crippen molar-refractivity contribution in [3.8, 4) is 0 Å². The van der Waals surface area contributed by atoms with Crippen molar-refractivity contribution in [2.24, 2.45) is 0 Å². The highest BCUT2D eigenvalue weighted by Crippen LogP contribution is 2.21. The average Bonchev–Trinajstić information content (AvgIpc) is 2.81. The van der Waals surface area contributed by atoms with Crippen molar-refractivity contribution in [3.63, 3.8) is 0 Å². The lowest BCUT2D eigenvalue weighted by Gasteiger charge is -2.31. The van der Waals surface area contributed by atoms with Crippen LogP contribution in [0.4, 0.5) is 0 Å². The van der Waals surface area contributed by atoms with Crippen LogP contribution in [0.2, 0.25) is 0 Å². The summed E-state index contributed by atoms with van der Waals surface area (Å²) in [6, 6.07) is 1.62. The smallest absolute Gasteiger partial charge is 0.0207 e. The summed E-state index contributed by atoms with van der Waals surface area (Å²) < 4.78 is 0. The molecule has 1 aliphatic carbocycles. The summed E-state index contributed by atoms with van der Waals surface area (Å²) in [4.78, 5) is 5.02. The number of nitrogens with zero attached hydrogens (tertiary/aromatic N) is 2. The van der Waals surface area contributed by atoms with E-state index in [4.69, 9.17) is 0 Å². The maximum atomic E-state index is 3.70. The molecule has 1 saturated heterocycles. The van der Waals surface area contributed by atoms with Gasteiger partial charge in [-0.2, -0.15) is 0 Å². The number of hydrogen-bond acceptors (Lipinski definition) is 3. The van der Waals surface area contributed by atoms with Crippen LogP contribution in [-0.2, 0) is 0 Å². The van der Waals surface area contributed by atoms with Crippen LogP contribution in [0, 0.1) is 0 Å². The fraction of sp³-hybridized carbons (Fsp3) is 1.00. The van der Waals surface area contributed by atoms with Gasteiger partial charge in [-0.1, -0.05) is 19.3 Å². The Morgan fingerprint density at radius 2 is 1.94 bits per heavy atom. The second-order valence-corrected chi connectivity index (χ2v) is 6.33. The van der Waals surface area contributed by atoms with Gasteiger partial charge in [0.15, 0.2) is 0 Å². The normalized spacial score (nSPS) is 27.2. The maximum absolute atomic E-state index is 3.70. The molecule has 0 aromatic rings. The molecular formula is C15H31N3. The second kappa shape index (κ2) is 7.46. The quantitative estimate of drug-likeness (QED) is 0.730. The first-order chi connectivity index (χ1) is 8.75. The molecule has 1 unspecified atom stereocenters. The van der Waals surface area contributed by atoms with Crippen molar-refractivity contribution in [1.82, 2.24) is 15.1 Å². The zero-order chi connectivity index (χ0) is 12.8. The lowest BCUT2D eigenvalue weighted by Crippen LogP contribution is -2.37. The van der Waals surface area contributed by atoms with Gasteiger partial charge in [0, 0.05) is 18.6 Å². The van der Waals surface area contributed by atoms with Gasteiger partial charge in [-0.05, 0) is 59.4 Å². The van der Waals surface area contributed by atoms with E-state index in [1.54, 1.807) is 0 Å². The third-order valence-corrected chi connectivity index (χ3v) is 4.71. The molecule has 18 heavy (non-hydrogen) atoms. The van der Waals surface area contributed by atoms with Gasteiger partial charge in [0.25, 0.3) is 0 Å². The van der Waals surface area contributed by atoms with E-state index in [1.807, 2.05) is 0 Å². The molecule has 0 aromatic heterocycles. The van der Waals surface area contributed by atoms with Crippen LogP contribution in [-0.4, -0.2) is 62.2 Å². The molecule has 3 heteroatoms. The zero-order valence-corrected chi connectivity index (χ0v) is 12.3. The largest absolute Gasteiger partial charge is 0.313 e. The van der Waals surface area contributed by atoms with Crippen LogP contribution < -0.4 is 5.32 Å². The zero-order valence-electron chi connectivity index (χ0n) is 12.3. The van der Waals surface area contributed by atoms with Gasteiger partial charge in [-0.25, -0.2) is 0 Å². The molecule has 1 N–H and O–H groups in total. The summed E-state index contributed by atoms with van der Waals surface area (Å²) in [6.07, 6.45) is 9.83. The summed E-state index contributed by atoms with van der Waals surface area (Å²) in [5.41, 5.74) is 0. The van der Waals surface area contributed by atoms with Crippen molar-refractivity contribution in [2.75, 3.05) is 40.3 Å². The molecule has 2 aliphatic rings. The molecule has 1 heterocycles. The van der Waals surface area contributed by atoms with Crippen molar-refractivity contribution >= 4 is 0 Å². The Hall–Kier alpha value is -0.120. The molecule has 0 bridgehead atoms. The monoisotopic (exact) mass is 253 g/mol. The standard InChI is InChI=1S/C15H31N3/c1-17-12-9-14(13-17)16-10-6-11-18(2)15-7-4-3-5-8-15/h14-16H,3-13H2,1-2H3. The first-order valence-corrected chi connectivity index (χ1v) is 7.88. The van der Waals surface area contributed by atoms with Gasteiger partial charge in [0.2, 0.25) is 0 Å². The molecular weight excluding hydrogens is 222 g/mol. The molecule has 1 saturated carbocycles. The van der Waals surface area contributed by atoms with Crippen molar-refractivity contribution < 1.29 is 0 Å². The SMILES string of the molecule is CN1CCC(NCCCN(C)C2CCCCC2)C1. The molecule has 106 valence electrons. The number of likely N-dealkylation sites (N-methyl/N-ethyl adjacent to an activating group) is 1. The van der Waals surface area contributed by atoms with Gasteiger partial charge >= 0.3 is 0 Å². The summed E-state index contributed by atoms with van der Waals surface area (Å²) in [5, 5.41) is 3.70. The van der Waals surface area contributed by atoms with Crippen molar-refractivity contribution in [2.45, 2.75) is 57.0 Å². The number of rotatable bonds is 6. The predicted molar refractivity (Wildman–Crippen MR) is 78.0 cm³/mol. The van der Waals surface area contributed by atoms with Gasteiger partial charge in [-0.3, -0.25) is 0 Å². The third-order valence-electron chi connectivity index (χ3n) is 4.71. The molecule has 0 aromatic carbocycles. The molecule has 2 fully saturated rings. The van der Waals surface area contributed by atoms with E-state index in [0.717, 1.165) is 12.1 Å². The van der Waals surface area contributed by atoms with Gasteiger partial charge in [-0.15, -0.1) is 0 Å². The van der Waals surface area contributed by atoms with E-state index in [2.05, 4.69) is 29.2 Å². The van der Waals surface area contributed by atoms with E-state index in [1.165, 1.54) is 71.1 Å².